The van der Waals surface area contributed by atoms with Crippen LogP contribution >= 0.6 is 22.6 Å². The van der Waals surface area contributed by atoms with Crippen LogP contribution in [-0.2, 0) is 15.9 Å². The summed E-state index contributed by atoms with van der Waals surface area (Å²) < 4.78 is 30.4. The predicted octanol–water partition coefficient (Wildman–Crippen LogP) is 1.68. The lowest BCUT2D eigenvalue weighted by Crippen LogP contribution is -2.01. The Morgan fingerprint density at radius 3 is 2.58 bits per heavy atom. The van der Waals surface area contributed by atoms with E-state index < -0.39 is 10.1 Å². The normalized spacial score (nSPS) is 11.5. The molecule has 1 rings (SSSR count). The van der Waals surface area contributed by atoms with Crippen LogP contribution in [0.4, 0.5) is 0 Å². The molecule has 0 saturated carbocycles. The molecule has 0 aliphatic rings. The third-order valence-corrected chi connectivity index (χ3v) is 2.61. The van der Waals surface area contributed by atoms with Gasteiger partial charge in [-0.15, -0.1) is 0 Å². The van der Waals surface area contributed by atoms with E-state index >= 15 is 0 Å². The topological polar surface area (TPSA) is 54.4 Å². The average molecular weight is 298 g/mol. The zero-order chi connectivity index (χ0) is 9.19. The highest BCUT2D eigenvalue weighted by molar-refractivity contribution is 14.1. The van der Waals surface area contributed by atoms with Crippen molar-refractivity contribution < 1.29 is 13.0 Å². The Hall–Kier alpha value is -0.140. The highest BCUT2D eigenvalue weighted by Crippen LogP contribution is 2.09. The van der Waals surface area contributed by atoms with Crippen molar-refractivity contribution in [1.29, 1.82) is 0 Å². The Kier molecular flexibility index (Phi) is 3.08. The maximum Gasteiger partial charge on any atom is 0.269 e. The fourth-order valence-corrected chi connectivity index (χ4v) is 2.05. The molecular weight excluding hydrogens is 291 g/mol. The van der Waals surface area contributed by atoms with Gasteiger partial charge in [-0.3, -0.25) is 4.55 Å². The molecule has 1 N–H and O–H groups in total. The first-order valence-electron chi connectivity index (χ1n) is 3.17. The van der Waals surface area contributed by atoms with Gasteiger partial charge in [-0.05, 0) is 40.3 Å². The molecule has 0 bridgehead atoms. The Labute approximate surface area is 84.7 Å². The lowest BCUT2D eigenvalue weighted by molar-refractivity contribution is 0.482. The van der Waals surface area contributed by atoms with Crippen LogP contribution in [0.15, 0.2) is 24.3 Å². The molecule has 0 aliphatic carbocycles. The van der Waals surface area contributed by atoms with Crippen LogP contribution in [-0.4, -0.2) is 13.0 Å². The first-order chi connectivity index (χ1) is 5.47. The third kappa shape index (κ3) is 3.51. The molecule has 1 aromatic rings. The number of rotatable bonds is 2. The van der Waals surface area contributed by atoms with Gasteiger partial charge in [0.05, 0.1) is 0 Å². The number of hydrogen-bond acceptors (Lipinski definition) is 2. The standard InChI is InChI=1S/C7H7IO3S/c8-7-3-1-2-6(4-7)5-12(9,10)11/h1-4H,5H2,(H,9,10,11). The molecule has 0 atom stereocenters. The molecule has 66 valence electrons. The summed E-state index contributed by atoms with van der Waals surface area (Å²) in [6.45, 7) is 0. The Morgan fingerprint density at radius 2 is 2.08 bits per heavy atom. The van der Waals surface area contributed by atoms with Crippen molar-refractivity contribution in [3.63, 3.8) is 0 Å². The minimum atomic E-state index is -3.90. The second kappa shape index (κ2) is 3.71. The zero-order valence-electron chi connectivity index (χ0n) is 6.07. The van der Waals surface area contributed by atoms with Gasteiger partial charge in [-0.25, -0.2) is 0 Å². The largest absolute Gasteiger partial charge is 0.285 e. The zero-order valence-corrected chi connectivity index (χ0v) is 9.04. The van der Waals surface area contributed by atoms with E-state index in [2.05, 4.69) is 22.6 Å². The Bertz CT molecular complexity index is 372. The first kappa shape index (κ1) is 9.94. The van der Waals surface area contributed by atoms with Crippen LogP contribution in [0.25, 0.3) is 0 Å². The van der Waals surface area contributed by atoms with Gasteiger partial charge in [0.1, 0.15) is 5.75 Å². The van der Waals surface area contributed by atoms with Gasteiger partial charge in [0.25, 0.3) is 10.1 Å². The monoisotopic (exact) mass is 298 g/mol. The average Bonchev–Trinajstić information content (AvgIpc) is 1.82. The number of benzene rings is 1. The quantitative estimate of drug-likeness (QED) is 0.667. The summed E-state index contributed by atoms with van der Waals surface area (Å²) in [5.41, 5.74) is 0.601. The second-order valence-electron chi connectivity index (χ2n) is 2.36. The minimum Gasteiger partial charge on any atom is -0.285 e. The van der Waals surface area contributed by atoms with Crippen LogP contribution in [0.1, 0.15) is 5.56 Å². The van der Waals surface area contributed by atoms with Crippen LogP contribution in [0.5, 0.6) is 0 Å². The van der Waals surface area contributed by atoms with Crippen molar-refractivity contribution in [3.05, 3.63) is 33.4 Å². The summed E-state index contributed by atoms with van der Waals surface area (Å²) in [6, 6.07) is 6.99. The molecule has 1 aromatic carbocycles. The molecule has 5 heteroatoms. The van der Waals surface area contributed by atoms with Crippen molar-refractivity contribution in [3.8, 4) is 0 Å². The summed E-state index contributed by atoms with van der Waals surface area (Å²) in [5, 5.41) is 0. The second-order valence-corrected chi connectivity index (χ2v) is 5.05. The molecule has 0 aliphatic heterocycles. The maximum absolute atomic E-state index is 10.5. The van der Waals surface area contributed by atoms with Crippen LogP contribution < -0.4 is 0 Å². The molecule has 0 aromatic heterocycles. The summed E-state index contributed by atoms with van der Waals surface area (Å²) in [6.07, 6.45) is 0. The molecule has 0 radical (unpaired) electrons. The van der Waals surface area contributed by atoms with Gasteiger partial charge in [0.2, 0.25) is 0 Å². The molecule has 0 saturated heterocycles. The molecule has 0 spiro atoms. The van der Waals surface area contributed by atoms with Crippen LogP contribution in [0.2, 0.25) is 0 Å². The Balaban J connectivity index is 2.91. The Morgan fingerprint density at radius 1 is 1.42 bits per heavy atom. The summed E-state index contributed by atoms with van der Waals surface area (Å²) in [5.74, 6) is -0.316. The number of hydrogen-bond donors (Lipinski definition) is 1. The SMILES string of the molecule is O=S(=O)(O)Cc1cccc(I)c1. The van der Waals surface area contributed by atoms with E-state index in [0.717, 1.165) is 3.57 Å². The van der Waals surface area contributed by atoms with E-state index in [0.29, 0.717) is 5.56 Å². The third-order valence-electron chi connectivity index (χ3n) is 1.24. The smallest absolute Gasteiger partial charge is 0.269 e. The molecule has 0 unspecified atom stereocenters. The lowest BCUT2D eigenvalue weighted by atomic mass is 10.2. The van der Waals surface area contributed by atoms with Crippen LogP contribution in [0, 0.1) is 3.57 Å². The van der Waals surface area contributed by atoms with Gasteiger partial charge in [0.15, 0.2) is 0 Å². The van der Waals surface area contributed by atoms with Crippen molar-refractivity contribution in [1.82, 2.24) is 0 Å². The van der Waals surface area contributed by atoms with Crippen molar-refractivity contribution in [2.75, 3.05) is 0 Å². The van der Waals surface area contributed by atoms with Gasteiger partial charge in [-0.1, -0.05) is 12.1 Å². The van der Waals surface area contributed by atoms with Crippen LogP contribution in [0.3, 0.4) is 0 Å². The fourth-order valence-electron chi connectivity index (χ4n) is 0.837. The van der Waals surface area contributed by atoms with E-state index in [1.807, 2.05) is 6.07 Å². The van der Waals surface area contributed by atoms with Gasteiger partial charge in [-0.2, -0.15) is 8.42 Å². The lowest BCUT2D eigenvalue weighted by Gasteiger charge is -1.97. The predicted molar refractivity (Wildman–Crippen MR) is 54.4 cm³/mol. The van der Waals surface area contributed by atoms with E-state index in [1.165, 1.54) is 0 Å². The van der Waals surface area contributed by atoms with Gasteiger partial charge in [0, 0.05) is 3.57 Å². The molecule has 12 heavy (non-hydrogen) atoms. The van der Waals surface area contributed by atoms with Gasteiger partial charge < -0.3 is 0 Å². The maximum atomic E-state index is 10.5. The van der Waals surface area contributed by atoms with Gasteiger partial charge >= 0.3 is 0 Å². The highest BCUT2D eigenvalue weighted by Gasteiger charge is 2.05. The van der Waals surface area contributed by atoms with E-state index in [4.69, 9.17) is 4.55 Å². The minimum absolute atomic E-state index is 0.316. The molecule has 0 heterocycles. The first-order valence-corrected chi connectivity index (χ1v) is 5.86. The van der Waals surface area contributed by atoms with E-state index in [1.54, 1.807) is 18.2 Å². The van der Waals surface area contributed by atoms with Crippen molar-refractivity contribution in [2.45, 2.75) is 5.75 Å². The molecule has 0 amide bonds. The summed E-state index contributed by atoms with van der Waals surface area (Å²) in [7, 11) is -3.90. The van der Waals surface area contributed by atoms with Crippen molar-refractivity contribution in [2.24, 2.45) is 0 Å². The fraction of sp³-hybridized carbons (Fsp3) is 0.143. The number of halogens is 1. The molecule has 0 fully saturated rings. The summed E-state index contributed by atoms with van der Waals surface area (Å²) in [4.78, 5) is 0. The molecular formula is C7H7IO3S. The van der Waals surface area contributed by atoms with Crippen molar-refractivity contribution >= 4 is 32.7 Å². The van der Waals surface area contributed by atoms with E-state index in [9.17, 15) is 8.42 Å². The van der Waals surface area contributed by atoms with E-state index in [-0.39, 0.29) is 5.75 Å². The highest BCUT2D eigenvalue weighted by atomic mass is 127. The molecule has 3 nitrogen and oxygen atoms in total. The summed E-state index contributed by atoms with van der Waals surface area (Å²) >= 11 is 2.08.